The summed E-state index contributed by atoms with van der Waals surface area (Å²) in [4.78, 5) is 21.2. The lowest BCUT2D eigenvalue weighted by atomic mass is 10.0. The number of aryl methyl sites for hydroxylation is 1. The third-order valence-electron chi connectivity index (χ3n) is 3.80. The number of carbonyl (C=O) groups excluding carboxylic acids is 1. The molecule has 1 aliphatic rings. The number of carbonyl (C=O) groups is 1. The second kappa shape index (κ2) is 4.42. The lowest BCUT2D eigenvalue weighted by molar-refractivity contribution is 0.107. The van der Waals surface area contributed by atoms with E-state index in [1.165, 1.54) is 4.57 Å². The van der Waals surface area contributed by atoms with Gasteiger partial charge in [-0.1, -0.05) is 11.6 Å². The van der Waals surface area contributed by atoms with Gasteiger partial charge in [-0.3, -0.25) is 9.36 Å². The molecule has 5 nitrogen and oxygen atoms in total. The largest absolute Gasteiger partial charge is 0.494 e. The first-order chi connectivity index (χ1) is 10.6. The third kappa shape index (κ3) is 1.63. The number of ketones is 1. The Bertz CT molecular complexity index is 988. The lowest BCUT2D eigenvalue weighted by Crippen LogP contribution is -2.11. The molecule has 0 amide bonds. The molecule has 3 aromatic rings. The number of nitrogens with zero attached hydrogens (tertiary/aromatic N) is 3. The van der Waals surface area contributed by atoms with Crippen LogP contribution in [-0.4, -0.2) is 26.2 Å². The van der Waals surface area contributed by atoms with Crippen molar-refractivity contribution in [3.63, 3.8) is 0 Å². The summed E-state index contributed by atoms with van der Waals surface area (Å²) < 4.78 is 1.54. The second-order valence-electron chi connectivity index (χ2n) is 5.08. The number of Topliss-reactive ketones (excluding diaryl/α,β-unsaturated/α-hetero) is 1. The number of pyridine rings is 1. The minimum Gasteiger partial charge on any atom is -0.494 e. The highest BCUT2D eigenvalue weighted by atomic mass is 35.5. The molecule has 0 unspecified atom stereocenters. The molecule has 0 radical (unpaired) electrons. The fourth-order valence-corrected chi connectivity index (χ4v) is 2.91. The van der Waals surface area contributed by atoms with E-state index in [1.807, 2.05) is 6.07 Å². The zero-order chi connectivity index (χ0) is 15.4. The molecule has 0 atom stereocenters. The second-order valence-corrected chi connectivity index (χ2v) is 5.52. The number of aliphatic imine (C=N–C) groups is 1. The van der Waals surface area contributed by atoms with E-state index < -0.39 is 0 Å². The Kier molecular flexibility index (Phi) is 2.62. The van der Waals surface area contributed by atoms with Gasteiger partial charge in [0.05, 0.1) is 16.8 Å². The fourth-order valence-electron chi connectivity index (χ4n) is 2.74. The van der Waals surface area contributed by atoms with Gasteiger partial charge in [-0.25, -0.2) is 9.98 Å². The molecule has 0 saturated carbocycles. The predicted molar refractivity (Wildman–Crippen MR) is 84.4 cm³/mol. The number of aromatic nitrogens is 2. The number of fused-ring (bicyclic) bond motifs is 2. The molecule has 3 heterocycles. The number of aromatic hydroxyl groups is 1. The van der Waals surface area contributed by atoms with Crippen molar-refractivity contribution >= 4 is 39.8 Å². The van der Waals surface area contributed by atoms with Crippen molar-refractivity contribution in [2.75, 3.05) is 0 Å². The maximum atomic E-state index is 12.6. The van der Waals surface area contributed by atoms with E-state index >= 15 is 0 Å². The van der Waals surface area contributed by atoms with Crippen LogP contribution < -0.4 is 0 Å². The van der Waals surface area contributed by atoms with E-state index in [0.29, 0.717) is 32.9 Å². The van der Waals surface area contributed by atoms with Gasteiger partial charge in [0.25, 0.3) is 0 Å². The number of hydrogen-bond donors (Lipinski definition) is 1. The van der Waals surface area contributed by atoms with Crippen molar-refractivity contribution in [3.05, 3.63) is 52.7 Å². The predicted octanol–water partition coefficient (Wildman–Crippen LogP) is 3.25. The molecule has 108 valence electrons. The molecule has 0 fully saturated rings. The van der Waals surface area contributed by atoms with Gasteiger partial charge in [0.2, 0.25) is 11.7 Å². The van der Waals surface area contributed by atoms with Crippen LogP contribution in [0.3, 0.4) is 0 Å². The summed E-state index contributed by atoms with van der Waals surface area (Å²) in [6.07, 6.45) is 1.64. The Balaban J connectivity index is 1.99. The van der Waals surface area contributed by atoms with Crippen LogP contribution in [0.5, 0.6) is 5.88 Å². The average Bonchev–Trinajstić information content (AvgIpc) is 2.96. The normalized spacial score (nSPS) is 13.5. The van der Waals surface area contributed by atoms with Crippen molar-refractivity contribution < 1.29 is 9.90 Å². The standard InChI is InChI=1S/C16H10ClN3O2/c1-20-15-9(3-2-6-18-15)12(16(20)22)13-14(21)10-7-8(17)4-5-11(10)19-13/h2-7,22H,1H3. The zero-order valence-electron chi connectivity index (χ0n) is 11.5. The number of hydrogen-bond acceptors (Lipinski definition) is 4. The van der Waals surface area contributed by atoms with Crippen LogP contribution in [0, 0.1) is 0 Å². The van der Waals surface area contributed by atoms with Crippen LogP contribution >= 0.6 is 11.6 Å². The van der Waals surface area contributed by atoms with Gasteiger partial charge in [-0.2, -0.15) is 0 Å². The minimum atomic E-state index is -0.246. The molecule has 6 heteroatoms. The number of benzene rings is 1. The van der Waals surface area contributed by atoms with Gasteiger partial charge in [0, 0.05) is 23.7 Å². The van der Waals surface area contributed by atoms with Gasteiger partial charge < -0.3 is 5.11 Å². The molecule has 1 aliphatic heterocycles. The lowest BCUT2D eigenvalue weighted by Gasteiger charge is -1.99. The van der Waals surface area contributed by atoms with Gasteiger partial charge in [-0.15, -0.1) is 0 Å². The highest BCUT2D eigenvalue weighted by Gasteiger charge is 2.31. The van der Waals surface area contributed by atoms with Gasteiger partial charge in [0.15, 0.2) is 0 Å². The first-order valence-corrected chi connectivity index (χ1v) is 7.01. The molecule has 1 aromatic carbocycles. The quantitative estimate of drug-likeness (QED) is 0.750. The summed E-state index contributed by atoms with van der Waals surface area (Å²) in [6.45, 7) is 0. The van der Waals surface area contributed by atoms with E-state index in [2.05, 4.69) is 9.98 Å². The summed E-state index contributed by atoms with van der Waals surface area (Å²) in [5.41, 5.74) is 2.23. The first-order valence-electron chi connectivity index (χ1n) is 6.63. The molecule has 1 N–H and O–H groups in total. The van der Waals surface area contributed by atoms with Crippen LogP contribution in [0.4, 0.5) is 5.69 Å². The summed E-state index contributed by atoms with van der Waals surface area (Å²) >= 11 is 5.95. The molecular weight excluding hydrogens is 302 g/mol. The Labute approximate surface area is 130 Å². The van der Waals surface area contributed by atoms with Crippen molar-refractivity contribution in [1.29, 1.82) is 0 Å². The van der Waals surface area contributed by atoms with Gasteiger partial charge >= 0.3 is 0 Å². The Morgan fingerprint density at radius 2 is 2.09 bits per heavy atom. The maximum Gasteiger partial charge on any atom is 0.214 e. The Hall–Kier alpha value is -2.66. The summed E-state index contributed by atoms with van der Waals surface area (Å²) in [7, 11) is 1.69. The number of rotatable bonds is 1. The maximum absolute atomic E-state index is 12.6. The van der Waals surface area contributed by atoms with Crippen LogP contribution in [0.1, 0.15) is 15.9 Å². The van der Waals surface area contributed by atoms with Crippen LogP contribution in [-0.2, 0) is 7.05 Å². The summed E-state index contributed by atoms with van der Waals surface area (Å²) in [5, 5.41) is 11.6. The molecule has 4 rings (SSSR count). The highest BCUT2D eigenvalue weighted by Crippen LogP contribution is 2.36. The molecule has 0 saturated heterocycles. The average molecular weight is 312 g/mol. The molecule has 0 aliphatic carbocycles. The number of halogens is 1. The highest BCUT2D eigenvalue weighted by molar-refractivity contribution is 6.57. The molecule has 2 aromatic heterocycles. The van der Waals surface area contributed by atoms with Gasteiger partial charge in [-0.05, 0) is 30.3 Å². The van der Waals surface area contributed by atoms with E-state index in [1.54, 1.807) is 37.5 Å². The smallest absolute Gasteiger partial charge is 0.214 e. The van der Waals surface area contributed by atoms with Crippen LogP contribution in [0.25, 0.3) is 11.0 Å². The van der Waals surface area contributed by atoms with Crippen molar-refractivity contribution in [3.8, 4) is 5.88 Å². The van der Waals surface area contributed by atoms with Crippen LogP contribution in [0.2, 0.25) is 5.02 Å². The van der Waals surface area contributed by atoms with Crippen molar-refractivity contribution in [1.82, 2.24) is 9.55 Å². The van der Waals surface area contributed by atoms with E-state index in [9.17, 15) is 9.90 Å². The molecule has 22 heavy (non-hydrogen) atoms. The van der Waals surface area contributed by atoms with Crippen molar-refractivity contribution in [2.24, 2.45) is 12.0 Å². The minimum absolute atomic E-state index is 0.0281. The van der Waals surface area contributed by atoms with E-state index in [0.717, 1.165) is 0 Å². The molecule has 0 spiro atoms. The van der Waals surface area contributed by atoms with E-state index in [-0.39, 0.29) is 17.4 Å². The van der Waals surface area contributed by atoms with Crippen molar-refractivity contribution in [2.45, 2.75) is 0 Å². The third-order valence-corrected chi connectivity index (χ3v) is 4.04. The Morgan fingerprint density at radius 1 is 1.27 bits per heavy atom. The summed E-state index contributed by atoms with van der Waals surface area (Å²) in [6, 6.07) is 8.54. The SMILES string of the molecule is Cn1c(O)c(C2=Nc3ccc(Cl)cc3C2=O)c2cccnc21. The molecule has 0 bridgehead atoms. The van der Waals surface area contributed by atoms with Gasteiger partial charge in [0.1, 0.15) is 11.4 Å². The topological polar surface area (TPSA) is 67.5 Å². The Morgan fingerprint density at radius 3 is 2.91 bits per heavy atom. The van der Waals surface area contributed by atoms with Crippen LogP contribution in [0.15, 0.2) is 41.5 Å². The zero-order valence-corrected chi connectivity index (χ0v) is 12.3. The monoisotopic (exact) mass is 311 g/mol. The first kappa shape index (κ1) is 13.0. The van der Waals surface area contributed by atoms with E-state index in [4.69, 9.17) is 11.6 Å². The fraction of sp³-hybridized carbons (Fsp3) is 0.0625. The molecular formula is C16H10ClN3O2. The summed E-state index contributed by atoms with van der Waals surface area (Å²) in [5.74, 6) is -0.274.